The van der Waals surface area contributed by atoms with E-state index in [4.69, 9.17) is 11.6 Å². The second kappa shape index (κ2) is 5.78. The van der Waals surface area contributed by atoms with Crippen LogP contribution in [-0.2, 0) is 6.54 Å². The van der Waals surface area contributed by atoms with Gasteiger partial charge in [-0.3, -0.25) is 0 Å². The van der Waals surface area contributed by atoms with Gasteiger partial charge < -0.3 is 10.4 Å². The molecule has 0 saturated heterocycles. The molecular formula is C18H14ClN3O2. The number of carboxylic acids is 1. The zero-order valence-electron chi connectivity index (χ0n) is 12.6. The summed E-state index contributed by atoms with van der Waals surface area (Å²) in [5.41, 5.74) is 3.75. The molecule has 0 radical (unpaired) electrons. The lowest BCUT2D eigenvalue weighted by molar-refractivity contribution is 0.0690. The lowest BCUT2D eigenvalue weighted by Crippen LogP contribution is -2.20. The van der Waals surface area contributed by atoms with Crippen LogP contribution in [-0.4, -0.2) is 20.9 Å². The average molecular weight is 340 g/mol. The minimum atomic E-state index is -1.04. The number of nitrogens with zero attached hydrogens (tertiary/aromatic N) is 2. The molecule has 0 bridgehead atoms. The van der Waals surface area contributed by atoms with Crippen LogP contribution in [0.1, 0.15) is 33.4 Å². The lowest BCUT2D eigenvalue weighted by atomic mass is 9.97. The van der Waals surface area contributed by atoms with E-state index in [0.717, 1.165) is 22.5 Å². The molecule has 1 aliphatic heterocycles. The van der Waals surface area contributed by atoms with E-state index in [9.17, 15) is 9.90 Å². The molecule has 1 atom stereocenters. The molecule has 1 aliphatic rings. The van der Waals surface area contributed by atoms with E-state index < -0.39 is 5.97 Å². The molecule has 0 saturated carbocycles. The Morgan fingerprint density at radius 2 is 2.00 bits per heavy atom. The van der Waals surface area contributed by atoms with Crippen LogP contribution >= 0.6 is 11.6 Å². The molecule has 24 heavy (non-hydrogen) atoms. The largest absolute Gasteiger partial charge is 0.476 e. The number of benzene rings is 2. The van der Waals surface area contributed by atoms with Crippen LogP contribution in [0.4, 0.5) is 0 Å². The van der Waals surface area contributed by atoms with Gasteiger partial charge in [0, 0.05) is 17.1 Å². The van der Waals surface area contributed by atoms with E-state index in [1.807, 2.05) is 30.3 Å². The van der Waals surface area contributed by atoms with E-state index in [2.05, 4.69) is 22.5 Å². The van der Waals surface area contributed by atoms with Crippen LogP contribution in [0.2, 0.25) is 5.02 Å². The zero-order valence-corrected chi connectivity index (χ0v) is 13.4. The number of aromatic nitrogens is 2. The molecule has 0 fully saturated rings. The number of hydrogen-bond donors (Lipinski definition) is 2. The fourth-order valence-electron chi connectivity index (χ4n) is 3.07. The Hall–Kier alpha value is -2.63. The van der Waals surface area contributed by atoms with E-state index >= 15 is 0 Å². The van der Waals surface area contributed by atoms with Crippen molar-refractivity contribution in [1.29, 1.82) is 0 Å². The summed E-state index contributed by atoms with van der Waals surface area (Å²) >= 11 is 6.21. The first-order valence-corrected chi connectivity index (χ1v) is 7.91. The molecule has 2 aromatic carbocycles. The van der Waals surface area contributed by atoms with E-state index in [1.54, 1.807) is 16.8 Å². The highest BCUT2D eigenvalue weighted by Gasteiger charge is 2.25. The van der Waals surface area contributed by atoms with Gasteiger partial charge >= 0.3 is 5.97 Å². The van der Waals surface area contributed by atoms with Crippen molar-refractivity contribution in [3.05, 3.63) is 82.1 Å². The Morgan fingerprint density at radius 1 is 1.21 bits per heavy atom. The molecule has 0 aliphatic carbocycles. The lowest BCUT2D eigenvalue weighted by Gasteiger charge is -2.19. The summed E-state index contributed by atoms with van der Waals surface area (Å²) in [4.78, 5) is 11.2. The van der Waals surface area contributed by atoms with E-state index in [-0.39, 0.29) is 11.7 Å². The maximum atomic E-state index is 11.2. The first-order chi connectivity index (χ1) is 11.6. The van der Waals surface area contributed by atoms with Crippen molar-refractivity contribution in [2.45, 2.75) is 12.6 Å². The molecule has 2 N–H and O–H groups in total. The smallest absolute Gasteiger partial charge is 0.356 e. The Morgan fingerprint density at radius 3 is 2.75 bits per heavy atom. The maximum Gasteiger partial charge on any atom is 0.356 e. The van der Waals surface area contributed by atoms with Gasteiger partial charge in [-0.15, -0.1) is 0 Å². The van der Waals surface area contributed by atoms with Gasteiger partial charge in [0.2, 0.25) is 0 Å². The summed E-state index contributed by atoms with van der Waals surface area (Å²) in [5, 5.41) is 17.6. The van der Waals surface area contributed by atoms with Gasteiger partial charge in [0.25, 0.3) is 0 Å². The minimum Gasteiger partial charge on any atom is -0.476 e. The first kappa shape index (κ1) is 14.9. The molecule has 120 valence electrons. The van der Waals surface area contributed by atoms with Gasteiger partial charge in [-0.2, -0.15) is 5.10 Å². The fraction of sp³-hybridized carbons (Fsp3) is 0.111. The quantitative estimate of drug-likeness (QED) is 0.750. The van der Waals surface area contributed by atoms with Gasteiger partial charge in [0.1, 0.15) is 0 Å². The van der Waals surface area contributed by atoms with Gasteiger partial charge in [-0.25, -0.2) is 9.48 Å². The normalized spacial score (nSPS) is 16.1. The number of fused-ring (bicyclic) bond motifs is 3. The third-order valence-corrected chi connectivity index (χ3v) is 4.39. The minimum absolute atomic E-state index is 0.0332. The Balaban J connectivity index is 1.91. The Bertz CT molecular complexity index is 921. The third-order valence-electron chi connectivity index (χ3n) is 4.15. The number of nitrogens with one attached hydrogen (secondary N) is 1. The number of carboxylic acid groups (broad SMARTS) is 1. The molecule has 0 amide bonds. The summed E-state index contributed by atoms with van der Waals surface area (Å²) in [5.74, 6) is -1.04. The Kier molecular flexibility index (Phi) is 3.59. The second-order valence-electron chi connectivity index (χ2n) is 5.67. The first-order valence-electron chi connectivity index (χ1n) is 7.54. The van der Waals surface area contributed by atoms with Crippen LogP contribution in [0, 0.1) is 0 Å². The van der Waals surface area contributed by atoms with Crippen molar-refractivity contribution in [1.82, 2.24) is 15.1 Å². The number of aromatic carboxylic acids is 1. The molecule has 4 rings (SSSR count). The predicted octanol–water partition coefficient (Wildman–Crippen LogP) is 3.42. The van der Waals surface area contributed by atoms with Crippen molar-refractivity contribution >= 4 is 17.6 Å². The second-order valence-corrected chi connectivity index (χ2v) is 6.10. The van der Waals surface area contributed by atoms with Crippen LogP contribution in [0.25, 0.3) is 5.69 Å². The van der Waals surface area contributed by atoms with Gasteiger partial charge in [-0.05, 0) is 29.8 Å². The number of hydrogen-bond acceptors (Lipinski definition) is 3. The van der Waals surface area contributed by atoms with Crippen LogP contribution in [0.15, 0.2) is 54.6 Å². The molecule has 1 aromatic heterocycles. The number of halogens is 1. The molecule has 3 aromatic rings. The average Bonchev–Trinajstić information content (AvgIpc) is 2.95. The monoisotopic (exact) mass is 339 g/mol. The summed E-state index contributed by atoms with van der Waals surface area (Å²) < 4.78 is 1.69. The number of carbonyl (C=O) groups is 1. The fourth-order valence-corrected chi connectivity index (χ4v) is 3.25. The molecule has 5 nitrogen and oxygen atoms in total. The van der Waals surface area contributed by atoms with Crippen molar-refractivity contribution in [2.75, 3.05) is 0 Å². The van der Waals surface area contributed by atoms with Crippen molar-refractivity contribution in [2.24, 2.45) is 0 Å². The molecule has 1 unspecified atom stereocenters. The molecular weight excluding hydrogens is 326 g/mol. The molecule has 0 spiro atoms. The third kappa shape index (κ3) is 2.48. The van der Waals surface area contributed by atoms with Gasteiger partial charge in [-0.1, -0.05) is 41.9 Å². The standard InChI is InChI=1S/C18H14ClN3O2/c19-12-6-7-16-14(8-12)17(11-4-2-1-3-5-11)20-10-13-9-15(18(23)24)21-22(13)16/h1-9,17,20H,10H2,(H,23,24). The summed E-state index contributed by atoms with van der Waals surface area (Å²) in [6.07, 6.45) is 0. The number of rotatable bonds is 2. The predicted molar refractivity (Wildman–Crippen MR) is 90.7 cm³/mol. The van der Waals surface area contributed by atoms with Gasteiger partial charge in [0.15, 0.2) is 5.69 Å². The van der Waals surface area contributed by atoms with E-state index in [0.29, 0.717) is 11.6 Å². The molecule has 6 heteroatoms. The maximum absolute atomic E-state index is 11.2. The topological polar surface area (TPSA) is 67.1 Å². The van der Waals surface area contributed by atoms with Crippen LogP contribution < -0.4 is 5.32 Å². The van der Waals surface area contributed by atoms with Crippen LogP contribution in [0.5, 0.6) is 0 Å². The van der Waals surface area contributed by atoms with Gasteiger partial charge in [0.05, 0.1) is 17.4 Å². The van der Waals surface area contributed by atoms with Crippen molar-refractivity contribution < 1.29 is 9.90 Å². The summed E-state index contributed by atoms with van der Waals surface area (Å²) in [6.45, 7) is 0.506. The highest BCUT2D eigenvalue weighted by atomic mass is 35.5. The van der Waals surface area contributed by atoms with Crippen molar-refractivity contribution in [3.63, 3.8) is 0 Å². The molecule has 2 heterocycles. The van der Waals surface area contributed by atoms with Crippen LogP contribution in [0.3, 0.4) is 0 Å². The van der Waals surface area contributed by atoms with Crippen molar-refractivity contribution in [3.8, 4) is 5.69 Å². The highest BCUT2D eigenvalue weighted by molar-refractivity contribution is 6.30. The Labute approximate surface area is 143 Å². The SMILES string of the molecule is O=C(O)c1cc2n(n1)-c1ccc(Cl)cc1C(c1ccccc1)NC2. The summed E-state index contributed by atoms with van der Waals surface area (Å²) in [7, 11) is 0. The summed E-state index contributed by atoms with van der Waals surface area (Å²) in [6, 6.07) is 17.2. The van der Waals surface area contributed by atoms with E-state index in [1.165, 1.54) is 0 Å². The highest BCUT2D eigenvalue weighted by Crippen LogP contribution is 2.33. The zero-order chi connectivity index (χ0) is 16.7.